The monoisotopic (exact) mass is 333 g/mol. The van der Waals surface area contributed by atoms with E-state index >= 15 is 0 Å². The molecule has 0 rings (SSSR count). The van der Waals surface area contributed by atoms with Crippen LogP contribution < -0.4 is 0 Å². The summed E-state index contributed by atoms with van der Waals surface area (Å²) in [5.41, 5.74) is 0. The molecule has 0 bridgehead atoms. The van der Waals surface area contributed by atoms with Crippen molar-refractivity contribution in [3.63, 3.8) is 0 Å². The van der Waals surface area contributed by atoms with Crippen LogP contribution >= 0.6 is 8.25 Å². The molecule has 132 valence electrons. The normalized spacial score (nSPS) is 12.6. The van der Waals surface area contributed by atoms with Gasteiger partial charge in [0, 0.05) is 4.57 Å². The van der Waals surface area contributed by atoms with Crippen molar-refractivity contribution in [3.8, 4) is 0 Å². The minimum absolute atomic E-state index is 0.0300. The van der Waals surface area contributed by atoms with Crippen molar-refractivity contribution in [3.05, 3.63) is 0 Å². The number of hydrogen-bond acceptors (Lipinski definition) is 3. The van der Waals surface area contributed by atoms with Gasteiger partial charge in [-0.2, -0.15) is 0 Å². The molecule has 3 nitrogen and oxygen atoms in total. The third-order valence-corrected chi connectivity index (χ3v) is 4.35. The Labute approximate surface area is 139 Å². The van der Waals surface area contributed by atoms with E-state index in [1.807, 2.05) is 0 Å². The second-order valence-electron chi connectivity index (χ2n) is 8.20. The third kappa shape index (κ3) is 12.6. The minimum Gasteiger partial charge on any atom is -0.116 e. The molecule has 22 heavy (non-hydrogen) atoms. The Morgan fingerprint density at radius 2 is 0.818 bits per heavy atom. The van der Waals surface area contributed by atoms with Crippen molar-refractivity contribution in [1.82, 2.24) is 0 Å². The van der Waals surface area contributed by atoms with Crippen molar-refractivity contribution in [1.29, 1.82) is 0 Å². The van der Waals surface area contributed by atoms with Crippen molar-refractivity contribution >= 4 is 8.25 Å². The van der Waals surface area contributed by atoms with E-state index in [0.29, 0.717) is 23.7 Å². The second kappa shape index (κ2) is 11.5. The second-order valence-corrected chi connectivity index (χ2v) is 9.07. The summed E-state index contributed by atoms with van der Waals surface area (Å²) in [6.45, 7) is 17.4. The average Bonchev–Trinajstić information content (AvgIpc) is 2.23. The highest BCUT2D eigenvalue weighted by Crippen LogP contribution is 2.35. The molecule has 0 aromatic carbocycles. The van der Waals surface area contributed by atoms with Crippen LogP contribution in [0.3, 0.4) is 0 Å². The van der Waals surface area contributed by atoms with E-state index in [2.05, 4.69) is 55.4 Å². The molecule has 4 heteroatoms. The van der Waals surface area contributed by atoms with Gasteiger partial charge in [0.25, 0.3) is 0 Å². The van der Waals surface area contributed by atoms with Crippen LogP contribution in [-0.4, -0.2) is 12.2 Å². The predicted octanol–water partition coefficient (Wildman–Crippen LogP) is 6.60. The fourth-order valence-electron chi connectivity index (χ4n) is 2.74. The molecule has 0 saturated heterocycles. The first-order chi connectivity index (χ1) is 10.1. The van der Waals surface area contributed by atoms with Gasteiger partial charge in [-0.25, -0.2) is 0 Å². The lowest BCUT2D eigenvalue weighted by atomic mass is 9.98. The zero-order valence-electron chi connectivity index (χ0n) is 16.0. The highest BCUT2D eigenvalue weighted by Gasteiger charge is 2.32. The number of rotatable bonds is 12. The SMILES string of the molecule is CC(C)CC(CC(C)C)O[P+](=O)OC(CC(C)C)CC(C)C. The quantitative estimate of drug-likeness (QED) is 0.377. The maximum Gasteiger partial charge on any atom is 0.697 e. The minimum atomic E-state index is -2.03. The first kappa shape index (κ1) is 22.0. The Morgan fingerprint density at radius 3 is 1.00 bits per heavy atom. The first-order valence-electron chi connectivity index (χ1n) is 8.90. The Balaban J connectivity index is 4.54. The van der Waals surface area contributed by atoms with E-state index < -0.39 is 8.25 Å². The summed E-state index contributed by atoms with van der Waals surface area (Å²) < 4.78 is 23.8. The van der Waals surface area contributed by atoms with Crippen LogP contribution in [-0.2, 0) is 13.6 Å². The molecule has 0 atom stereocenters. The van der Waals surface area contributed by atoms with Gasteiger partial charge in [0.1, 0.15) is 12.2 Å². The van der Waals surface area contributed by atoms with Crippen LogP contribution in [0.4, 0.5) is 0 Å². The molecule has 0 aromatic heterocycles. The average molecular weight is 333 g/mol. The van der Waals surface area contributed by atoms with Crippen LogP contribution in [0.15, 0.2) is 0 Å². The Kier molecular flexibility index (Phi) is 11.6. The smallest absolute Gasteiger partial charge is 0.116 e. The highest BCUT2D eigenvalue weighted by molar-refractivity contribution is 7.33. The topological polar surface area (TPSA) is 35.5 Å². The van der Waals surface area contributed by atoms with E-state index in [0.717, 1.165) is 25.7 Å². The summed E-state index contributed by atoms with van der Waals surface area (Å²) >= 11 is 0. The molecule has 0 unspecified atom stereocenters. The van der Waals surface area contributed by atoms with Gasteiger partial charge in [-0.1, -0.05) is 55.4 Å². The van der Waals surface area contributed by atoms with Gasteiger partial charge in [-0.15, -0.1) is 9.05 Å². The van der Waals surface area contributed by atoms with E-state index in [1.54, 1.807) is 0 Å². The molecule has 0 aliphatic carbocycles. The fourth-order valence-corrected chi connectivity index (χ4v) is 3.62. The van der Waals surface area contributed by atoms with Gasteiger partial charge in [-0.3, -0.25) is 0 Å². The molecular formula is C18H38O3P+. The number of hydrogen-bond donors (Lipinski definition) is 0. The van der Waals surface area contributed by atoms with Gasteiger partial charge in [0.15, 0.2) is 0 Å². The summed E-state index contributed by atoms with van der Waals surface area (Å²) in [5.74, 6) is 2.15. The van der Waals surface area contributed by atoms with Crippen molar-refractivity contribution in [2.24, 2.45) is 23.7 Å². The van der Waals surface area contributed by atoms with Gasteiger partial charge < -0.3 is 0 Å². The zero-order valence-corrected chi connectivity index (χ0v) is 16.9. The van der Waals surface area contributed by atoms with Crippen LogP contribution in [0.1, 0.15) is 81.1 Å². The molecular weight excluding hydrogens is 295 g/mol. The Bertz CT molecular complexity index is 253. The summed E-state index contributed by atoms with van der Waals surface area (Å²) in [6.07, 6.45) is 3.79. The first-order valence-corrected chi connectivity index (χ1v) is 10.00. The molecule has 0 saturated carbocycles. The van der Waals surface area contributed by atoms with E-state index in [9.17, 15) is 4.57 Å². The van der Waals surface area contributed by atoms with Crippen molar-refractivity contribution in [2.75, 3.05) is 0 Å². The van der Waals surface area contributed by atoms with Crippen LogP contribution in [0.2, 0.25) is 0 Å². The molecule has 0 spiro atoms. The Hall–Kier alpha value is 0.0200. The zero-order chi connectivity index (χ0) is 17.3. The van der Waals surface area contributed by atoms with Gasteiger partial charge in [0.2, 0.25) is 0 Å². The maximum absolute atomic E-state index is 12.3. The third-order valence-electron chi connectivity index (χ3n) is 3.41. The molecule has 0 aliphatic rings. The van der Waals surface area contributed by atoms with Gasteiger partial charge in [-0.05, 0) is 49.4 Å². The highest BCUT2D eigenvalue weighted by atomic mass is 31.1. The molecule has 0 N–H and O–H groups in total. The lowest BCUT2D eigenvalue weighted by molar-refractivity contribution is 0.0892. The fraction of sp³-hybridized carbons (Fsp3) is 1.00. The predicted molar refractivity (Wildman–Crippen MR) is 95.2 cm³/mol. The Morgan fingerprint density at radius 1 is 0.591 bits per heavy atom. The van der Waals surface area contributed by atoms with E-state index in [4.69, 9.17) is 9.05 Å². The molecule has 0 fully saturated rings. The van der Waals surface area contributed by atoms with Crippen LogP contribution in [0.25, 0.3) is 0 Å². The van der Waals surface area contributed by atoms with Crippen LogP contribution in [0.5, 0.6) is 0 Å². The molecule has 0 heterocycles. The summed E-state index contributed by atoms with van der Waals surface area (Å²) in [6, 6.07) is 0. The molecule has 0 radical (unpaired) electrons. The van der Waals surface area contributed by atoms with Crippen molar-refractivity contribution < 1.29 is 13.6 Å². The van der Waals surface area contributed by atoms with Gasteiger partial charge >= 0.3 is 8.25 Å². The van der Waals surface area contributed by atoms with Crippen LogP contribution in [0, 0.1) is 23.7 Å². The summed E-state index contributed by atoms with van der Waals surface area (Å²) in [4.78, 5) is 0. The standard InChI is InChI=1S/C18H38O3P/c1-13(2)9-17(10-14(3)4)20-22(19)21-18(11-15(5)6)12-16(7)8/h13-18H,9-12H2,1-8H3/q+1. The van der Waals surface area contributed by atoms with E-state index in [-0.39, 0.29) is 12.2 Å². The van der Waals surface area contributed by atoms with Gasteiger partial charge in [0.05, 0.1) is 0 Å². The maximum atomic E-state index is 12.3. The van der Waals surface area contributed by atoms with Crippen molar-refractivity contribution in [2.45, 2.75) is 93.3 Å². The molecule has 0 aromatic rings. The lowest BCUT2D eigenvalue weighted by Gasteiger charge is -2.17. The van der Waals surface area contributed by atoms with E-state index in [1.165, 1.54) is 0 Å². The summed E-state index contributed by atoms with van der Waals surface area (Å²) in [7, 11) is -2.03. The molecule has 0 amide bonds. The lowest BCUT2D eigenvalue weighted by Crippen LogP contribution is -2.18. The summed E-state index contributed by atoms with van der Waals surface area (Å²) in [5, 5.41) is 0. The molecule has 0 aliphatic heterocycles. The largest absolute Gasteiger partial charge is 0.697 e.